The van der Waals surface area contributed by atoms with Crippen molar-refractivity contribution in [3.8, 4) is 0 Å². The molecule has 0 aliphatic heterocycles. The molecule has 0 bridgehead atoms. The van der Waals surface area contributed by atoms with E-state index in [4.69, 9.17) is 5.41 Å². The van der Waals surface area contributed by atoms with E-state index in [2.05, 4.69) is 9.98 Å². The van der Waals surface area contributed by atoms with E-state index >= 15 is 0 Å². The van der Waals surface area contributed by atoms with Crippen molar-refractivity contribution in [2.24, 2.45) is 9.98 Å². The summed E-state index contributed by atoms with van der Waals surface area (Å²) in [6, 6.07) is 0. The van der Waals surface area contributed by atoms with Crippen LogP contribution in [0.3, 0.4) is 0 Å². The van der Waals surface area contributed by atoms with Crippen molar-refractivity contribution in [1.29, 1.82) is 5.41 Å². The molecule has 50 valence electrons. The Hall–Kier alpha value is -0.990. The van der Waals surface area contributed by atoms with Crippen LogP contribution in [0.1, 0.15) is 20.3 Å². The number of nitrogens with zero attached hydrogens (tertiary/aromatic N) is 2. The van der Waals surface area contributed by atoms with Gasteiger partial charge in [0.1, 0.15) is 12.2 Å². The molecule has 0 saturated carbocycles. The lowest BCUT2D eigenvalue weighted by atomic mass is 10.4. The van der Waals surface area contributed by atoms with Gasteiger partial charge in [-0.2, -0.15) is 0 Å². The van der Waals surface area contributed by atoms with Gasteiger partial charge in [0.05, 0.1) is 0 Å². The van der Waals surface area contributed by atoms with E-state index in [-0.39, 0.29) is 0 Å². The molecule has 0 atom stereocenters. The molecule has 1 N–H and O–H groups in total. The van der Waals surface area contributed by atoms with Crippen LogP contribution in [0, 0.1) is 5.41 Å². The second-order valence-electron chi connectivity index (χ2n) is 1.42. The van der Waals surface area contributed by atoms with E-state index in [0.29, 0.717) is 5.84 Å². The molecule has 0 aromatic heterocycles. The molecule has 0 unspecified atom stereocenters. The maximum Gasteiger partial charge on any atom is 0.129 e. The Morgan fingerprint density at radius 1 is 1.67 bits per heavy atom. The van der Waals surface area contributed by atoms with Gasteiger partial charge < -0.3 is 0 Å². The van der Waals surface area contributed by atoms with Crippen molar-refractivity contribution in [3.63, 3.8) is 0 Å². The highest BCUT2D eigenvalue weighted by Crippen LogP contribution is 1.84. The van der Waals surface area contributed by atoms with Crippen LogP contribution in [0.25, 0.3) is 0 Å². The standard InChI is InChI=1S/C6H11N3/c1-3-6(8-4-2)9-5-7/h4-5,7H,3H2,1-2H3. The quantitative estimate of drug-likeness (QED) is 0.429. The monoisotopic (exact) mass is 125 g/mol. The minimum Gasteiger partial charge on any atom is -0.289 e. The first-order valence-corrected chi connectivity index (χ1v) is 2.89. The van der Waals surface area contributed by atoms with Gasteiger partial charge >= 0.3 is 0 Å². The van der Waals surface area contributed by atoms with Gasteiger partial charge in [-0.3, -0.25) is 5.41 Å². The first kappa shape index (κ1) is 8.01. The second-order valence-corrected chi connectivity index (χ2v) is 1.42. The van der Waals surface area contributed by atoms with E-state index < -0.39 is 0 Å². The molecule has 0 saturated heterocycles. The van der Waals surface area contributed by atoms with E-state index in [1.807, 2.05) is 13.8 Å². The number of rotatable bonds is 2. The Labute approximate surface area is 55.0 Å². The molecule has 0 aromatic carbocycles. The summed E-state index contributed by atoms with van der Waals surface area (Å²) >= 11 is 0. The van der Waals surface area contributed by atoms with Crippen molar-refractivity contribution < 1.29 is 0 Å². The summed E-state index contributed by atoms with van der Waals surface area (Å²) < 4.78 is 0. The van der Waals surface area contributed by atoms with Crippen LogP contribution in [0.5, 0.6) is 0 Å². The average Bonchev–Trinajstić information content (AvgIpc) is 1.88. The summed E-state index contributed by atoms with van der Waals surface area (Å²) in [5.41, 5.74) is 0. The number of nitrogens with one attached hydrogen (secondary N) is 1. The van der Waals surface area contributed by atoms with Gasteiger partial charge in [-0.25, -0.2) is 9.98 Å². The van der Waals surface area contributed by atoms with E-state index in [1.165, 1.54) is 0 Å². The van der Waals surface area contributed by atoms with Crippen LogP contribution < -0.4 is 0 Å². The lowest BCUT2D eigenvalue weighted by Crippen LogP contribution is -1.90. The minimum atomic E-state index is 0.701. The summed E-state index contributed by atoms with van der Waals surface area (Å²) in [4.78, 5) is 7.60. The lowest BCUT2D eigenvalue weighted by Gasteiger charge is -1.88. The Morgan fingerprint density at radius 2 is 2.33 bits per heavy atom. The van der Waals surface area contributed by atoms with Crippen molar-refractivity contribution in [2.45, 2.75) is 20.3 Å². The first-order valence-electron chi connectivity index (χ1n) is 2.89. The summed E-state index contributed by atoms with van der Waals surface area (Å²) in [5.74, 6) is 0.701. The Morgan fingerprint density at radius 3 is 2.67 bits per heavy atom. The van der Waals surface area contributed by atoms with Crippen LogP contribution in [-0.4, -0.2) is 18.4 Å². The van der Waals surface area contributed by atoms with Crippen molar-refractivity contribution in [2.75, 3.05) is 0 Å². The summed E-state index contributed by atoms with van der Waals surface area (Å²) in [7, 11) is 0. The molecule has 9 heavy (non-hydrogen) atoms. The van der Waals surface area contributed by atoms with Crippen LogP contribution in [0.2, 0.25) is 0 Å². The van der Waals surface area contributed by atoms with Gasteiger partial charge in [-0.15, -0.1) is 0 Å². The zero-order chi connectivity index (χ0) is 7.11. The molecule has 0 rings (SSSR count). The van der Waals surface area contributed by atoms with Crippen LogP contribution >= 0.6 is 0 Å². The number of hydrogen-bond donors (Lipinski definition) is 1. The molecule has 0 aliphatic carbocycles. The highest BCUT2D eigenvalue weighted by molar-refractivity contribution is 5.93. The summed E-state index contributed by atoms with van der Waals surface area (Å²) in [6.07, 6.45) is 3.46. The van der Waals surface area contributed by atoms with Gasteiger partial charge in [0, 0.05) is 12.6 Å². The number of amidine groups is 1. The predicted octanol–water partition coefficient (Wildman–Crippen LogP) is 1.49. The molecule has 0 aromatic rings. The van der Waals surface area contributed by atoms with E-state index in [9.17, 15) is 0 Å². The smallest absolute Gasteiger partial charge is 0.129 e. The summed E-state index contributed by atoms with van der Waals surface area (Å²) in [6.45, 7) is 3.78. The lowest BCUT2D eigenvalue weighted by molar-refractivity contribution is 1.25. The number of hydrogen-bond acceptors (Lipinski definition) is 1. The topological polar surface area (TPSA) is 48.6 Å². The Kier molecular flexibility index (Phi) is 4.59. The predicted molar refractivity (Wildman–Crippen MR) is 40.7 cm³/mol. The molecule has 3 heteroatoms. The molecule has 0 radical (unpaired) electrons. The van der Waals surface area contributed by atoms with E-state index in [0.717, 1.165) is 12.8 Å². The summed E-state index contributed by atoms with van der Waals surface area (Å²) in [5, 5.41) is 6.63. The van der Waals surface area contributed by atoms with Gasteiger partial charge in [0.15, 0.2) is 0 Å². The Bertz CT molecular complexity index is 135. The normalized spacial score (nSPS) is 12.4. The van der Waals surface area contributed by atoms with Crippen molar-refractivity contribution in [3.05, 3.63) is 0 Å². The molecule has 0 heterocycles. The zero-order valence-corrected chi connectivity index (χ0v) is 5.76. The minimum absolute atomic E-state index is 0.701. The zero-order valence-electron chi connectivity index (χ0n) is 5.76. The third-order valence-corrected chi connectivity index (χ3v) is 0.808. The third-order valence-electron chi connectivity index (χ3n) is 0.808. The largest absolute Gasteiger partial charge is 0.289 e. The van der Waals surface area contributed by atoms with Gasteiger partial charge in [-0.05, 0) is 6.92 Å². The molecule has 0 spiro atoms. The average molecular weight is 125 g/mol. The van der Waals surface area contributed by atoms with Crippen LogP contribution in [0.4, 0.5) is 0 Å². The SMILES string of the molecule is CC=NC(CC)=NC=N. The maximum absolute atomic E-state index is 6.63. The fourth-order valence-electron chi connectivity index (χ4n) is 0.439. The number of aliphatic imine (C=N–C) groups is 2. The first-order chi connectivity index (χ1) is 4.35. The molecule has 0 fully saturated rings. The molecule has 3 nitrogen and oxygen atoms in total. The molecular weight excluding hydrogens is 114 g/mol. The molecule has 0 aliphatic rings. The van der Waals surface area contributed by atoms with Crippen molar-refractivity contribution >= 4 is 18.4 Å². The highest BCUT2D eigenvalue weighted by atomic mass is 14.9. The molecular formula is C6H11N3. The maximum atomic E-state index is 6.63. The third kappa shape index (κ3) is 3.58. The second kappa shape index (κ2) is 5.15. The van der Waals surface area contributed by atoms with E-state index in [1.54, 1.807) is 6.21 Å². The van der Waals surface area contributed by atoms with Gasteiger partial charge in [0.2, 0.25) is 0 Å². The van der Waals surface area contributed by atoms with Gasteiger partial charge in [-0.1, -0.05) is 6.92 Å². The van der Waals surface area contributed by atoms with Crippen LogP contribution in [0.15, 0.2) is 9.98 Å². The molecule has 0 amide bonds. The van der Waals surface area contributed by atoms with Crippen molar-refractivity contribution in [1.82, 2.24) is 0 Å². The highest BCUT2D eigenvalue weighted by Gasteiger charge is 1.84. The van der Waals surface area contributed by atoms with Crippen LogP contribution in [-0.2, 0) is 0 Å². The fourth-order valence-corrected chi connectivity index (χ4v) is 0.439. The fraction of sp³-hybridized carbons (Fsp3) is 0.500. The Balaban J connectivity index is 3.96. The van der Waals surface area contributed by atoms with Gasteiger partial charge in [0.25, 0.3) is 0 Å².